The van der Waals surface area contributed by atoms with E-state index in [1.54, 1.807) is 6.07 Å². The molecule has 8 heteroatoms. The molecule has 0 unspecified atom stereocenters. The molecule has 0 radical (unpaired) electrons. The molecule has 0 amide bonds. The highest BCUT2D eigenvalue weighted by molar-refractivity contribution is 5.51. The van der Waals surface area contributed by atoms with Crippen LogP contribution in [0.15, 0.2) is 23.3 Å². The van der Waals surface area contributed by atoms with Crippen molar-refractivity contribution in [2.45, 2.75) is 0 Å². The van der Waals surface area contributed by atoms with E-state index >= 15 is 0 Å². The van der Waals surface area contributed by atoms with Crippen molar-refractivity contribution in [3.05, 3.63) is 44.3 Å². The van der Waals surface area contributed by atoms with Crippen molar-refractivity contribution < 1.29 is 9.66 Å². The summed E-state index contributed by atoms with van der Waals surface area (Å²) in [6.45, 7) is 0.116. The Morgan fingerprint density at radius 2 is 2.41 bits per heavy atom. The second-order valence-electron chi connectivity index (χ2n) is 2.85. The molecule has 1 aromatic rings. The minimum atomic E-state index is -0.635. The molecule has 0 bridgehead atoms. The molecule has 0 atom stereocenters. The van der Waals surface area contributed by atoms with Gasteiger partial charge in [-0.1, -0.05) is 5.11 Å². The average Bonchev–Trinajstić information content (AvgIpc) is 2.34. The van der Waals surface area contributed by atoms with Gasteiger partial charge in [0.05, 0.1) is 29.7 Å². The lowest BCUT2D eigenvalue weighted by Crippen LogP contribution is -2.03. The van der Waals surface area contributed by atoms with Crippen LogP contribution in [0.4, 0.5) is 5.69 Å². The summed E-state index contributed by atoms with van der Waals surface area (Å²) in [7, 11) is 0. The monoisotopic (exact) mass is 233 g/mol. The maximum Gasteiger partial charge on any atom is 0.312 e. The van der Waals surface area contributed by atoms with E-state index in [4.69, 9.17) is 15.5 Å². The van der Waals surface area contributed by atoms with E-state index in [2.05, 4.69) is 10.0 Å². The maximum atomic E-state index is 10.7. The van der Waals surface area contributed by atoms with Crippen LogP contribution in [0.5, 0.6) is 5.75 Å². The van der Waals surface area contributed by atoms with Crippen LogP contribution in [-0.2, 0) is 0 Å². The van der Waals surface area contributed by atoms with Gasteiger partial charge in [-0.15, -0.1) is 0 Å². The Hall–Kier alpha value is -2.78. The zero-order valence-corrected chi connectivity index (χ0v) is 8.61. The number of nitriles is 1. The Kier molecular flexibility index (Phi) is 4.30. The first-order valence-electron chi connectivity index (χ1n) is 4.51. The number of nitro benzene ring substituents is 1. The van der Waals surface area contributed by atoms with Gasteiger partial charge in [0, 0.05) is 11.0 Å². The van der Waals surface area contributed by atoms with Gasteiger partial charge in [-0.2, -0.15) is 5.26 Å². The van der Waals surface area contributed by atoms with Crippen LogP contribution in [0.1, 0.15) is 5.56 Å². The first-order valence-corrected chi connectivity index (χ1v) is 4.51. The minimum absolute atomic E-state index is 0.0385. The molecule has 0 aliphatic heterocycles. The van der Waals surface area contributed by atoms with Crippen molar-refractivity contribution in [2.75, 3.05) is 13.2 Å². The number of azide groups is 1. The molecule has 86 valence electrons. The van der Waals surface area contributed by atoms with Crippen LogP contribution in [0.2, 0.25) is 0 Å². The molecule has 0 spiro atoms. The topological polar surface area (TPSA) is 125 Å². The fourth-order valence-electron chi connectivity index (χ4n) is 1.09. The number of hydrogen-bond donors (Lipinski definition) is 0. The second-order valence-corrected chi connectivity index (χ2v) is 2.85. The predicted octanol–water partition coefficient (Wildman–Crippen LogP) is 2.16. The highest BCUT2D eigenvalue weighted by Crippen LogP contribution is 2.27. The largest absolute Gasteiger partial charge is 0.487 e. The third-order valence-corrected chi connectivity index (χ3v) is 1.80. The Morgan fingerprint density at radius 1 is 1.65 bits per heavy atom. The van der Waals surface area contributed by atoms with Crippen LogP contribution in [-0.4, -0.2) is 18.1 Å². The maximum absolute atomic E-state index is 10.7. The highest BCUT2D eigenvalue weighted by atomic mass is 16.6. The molecule has 0 saturated carbocycles. The van der Waals surface area contributed by atoms with Gasteiger partial charge in [0.15, 0.2) is 5.75 Å². The molecule has 0 saturated heterocycles. The van der Waals surface area contributed by atoms with Gasteiger partial charge in [0.1, 0.15) is 0 Å². The smallest absolute Gasteiger partial charge is 0.312 e. The van der Waals surface area contributed by atoms with E-state index in [1.807, 2.05) is 0 Å². The highest BCUT2D eigenvalue weighted by Gasteiger charge is 2.15. The molecule has 17 heavy (non-hydrogen) atoms. The van der Waals surface area contributed by atoms with Gasteiger partial charge in [0.25, 0.3) is 0 Å². The van der Waals surface area contributed by atoms with Crippen molar-refractivity contribution in [3.63, 3.8) is 0 Å². The number of rotatable bonds is 5. The molecule has 0 N–H and O–H groups in total. The molecule has 0 aliphatic rings. The van der Waals surface area contributed by atoms with Gasteiger partial charge < -0.3 is 4.74 Å². The lowest BCUT2D eigenvalue weighted by molar-refractivity contribution is -0.385. The molecule has 8 nitrogen and oxygen atoms in total. The van der Waals surface area contributed by atoms with Crippen molar-refractivity contribution >= 4 is 5.69 Å². The summed E-state index contributed by atoms with van der Waals surface area (Å²) in [5.74, 6) is 0.0436. The zero-order valence-electron chi connectivity index (χ0n) is 8.61. The third kappa shape index (κ3) is 3.37. The van der Waals surface area contributed by atoms with Crippen LogP contribution in [0.3, 0.4) is 0 Å². The van der Waals surface area contributed by atoms with Crippen molar-refractivity contribution in [1.29, 1.82) is 5.26 Å². The van der Waals surface area contributed by atoms with E-state index in [0.29, 0.717) is 0 Å². The second kappa shape index (κ2) is 5.95. The van der Waals surface area contributed by atoms with Crippen LogP contribution < -0.4 is 4.74 Å². The Bertz CT molecular complexity index is 516. The summed E-state index contributed by atoms with van der Waals surface area (Å²) in [5.41, 5.74) is 7.93. The van der Waals surface area contributed by atoms with Crippen LogP contribution in [0.25, 0.3) is 10.4 Å². The average molecular weight is 233 g/mol. The van der Waals surface area contributed by atoms with Gasteiger partial charge >= 0.3 is 5.69 Å². The SMILES string of the molecule is N#Cc1ccc(OCCN=[N+]=[N-])c([N+](=O)[O-])c1. The predicted molar refractivity (Wildman–Crippen MR) is 57.3 cm³/mol. The fraction of sp³-hybridized carbons (Fsp3) is 0.222. The number of nitrogens with zero attached hydrogens (tertiary/aromatic N) is 5. The summed E-state index contributed by atoms with van der Waals surface area (Å²) in [6, 6.07) is 5.68. The van der Waals surface area contributed by atoms with E-state index in [-0.39, 0.29) is 30.2 Å². The first-order chi connectivity index (χ1) is 8.19. The van der Waals surface area contributed by atoms with Gasteiger partial charge in [-0.05, 0) is 17.7 Å². The van der Waals surface area contributed by atoms with Crippen LogP contribution in [0, 0.1) is 21.4 Å². The molecule has 1 rings (SSSR count). The summed E-state index contributed by atoms with van der Waals surface area (Å²) >= 11 is 0. The molecule has 0 fully saturated rings. The third-order valence-electron chi connectivity index (χ3n) is 1.80. The Balaban J connectivity index is 2.87. The lowest BCUT2D eigenvalue weighted by Gasteiger charge is -2.04. The lowest BCUT2D eigenvalue weighted by atomic mass is 10.2. The number of ether oxygens (including phenoxy) is 1. The zero-order chi connectivity index (χ0) is 12.7. The van der Waals surface area contributed by atoms with E-state index in [1.165, 1.54) is 12.1 Å². The molecular formula is C9H7N5O3. The normalized spacial score (nSPS) is 8.88. The summed E-state index contributed by atoms with van der Waals surface area (Å²) in [4.78, 5) is 12.6. The van der Waals surface area contributed by atoms with Gasteiger partial charge in [0.2, 0.25) is 0 Å². The standard InChI is InChI=1S/C9H7N5O3/c10-6-7-1-2-9(8(5-7)14(15)16)17-4-3-12-13-11/h1-2,5H,3-4H2. The summed E-state index contributed by atoms with van der Waals surface area (Å²) < 4.78 is 5.08. The first kappa shape index (κ1) is 12.3. The van der Waals surface area contributed by atoms with Gasteiger partial charge in [-0.25, -0.2) is 0 Å². The number of nitro groups is 1. The molecule has 0 aromatic heterocycles. The quantitative estimate of drug-likeness (QED) is 0.193. The molecule has 1 aromatic carbocycles. The Morgan fingerprint density at radius 3 is 3.00 bits per heavy atom. The van der Waals surface area contributed by atoms with Crippen molar-refractivity contribution in [2.24, 2.45) is 5.11 Å². The minimum Gasteiger partial charge on any atom is -0.487 e. The van der Waals surface area contributed by atoms with Crippen molar-refractivity contribution in [1.82, 2.24) is 0 Å². The van der Waals surface area contributed by atoms with Crippen molar-refractivity contribution in [3.8, 4) is 11.8 Å². The number of benzene rings is 1. The van der Waals surface area contributed by atoms with Gasteiger partial charge in [-0.3, -0.25) is 10.1 Å². The fourth-order valence-corrected chi connectivity index (χ4v) is 1.09. The van der Waals surface area contributed by atoms with E-state index in [0.717, 1.165) is 6.07 Å². The summed E-state index contributed by atoms with van der Waals surface area (Å²) in [5, 5.41) is 22.6. The van der Waals surface area contributed by atoms with E-state index in [9.17, 15) is 10.1 Å². The number of hydrogen-bond acceptors (Lipinski definition) is 5. The van der Waals surface area contributed by atoms with Crippen LogP contribution >= 0.6 is 0 Å². The molecule has 0 heterocycles. The summed E-state index contributed by atoms with van der Waals surface area (Å²) in [6.07, 6.45) is 0. The van der Waals surface area contributed by atoms with E-state index < -0.39 is 4.92 Å². The molecular weight excluding hydrogens is 226 g/mol. The Labute approximate surface area is 95.8 Å². The molecule has 0 aliphatic carbocycles.